The molecule has 0 N–H and O–H groups in total. The average molecular weight is 240 g/mol. The maximum atomic E-state index is 5.97. The van der Waals surface area contributed by atoms with Gasteiger partial charge in [0.1, 0.15) is 0 Å². The van der Waals surface area contributed by atoms with Crippen LogP contribution in [-0.4, -0.2) is 14.9 Å². The fourth-order valence-corrected chi connectivity index (χ4v) is 2.33. The summed E-state index contributed by atoms with van der Waals surface area (Å²) in [6.45, 7) is 15.2. The molecule has 0 radical (unpaired) electrons. The lowest BCUT2D eigenvalue weighted by Gasteiger charge is -2.22. The largest absolute Gasteiger partial charge is 0.417 e. The van der Waals surface area contributed by atoms with E-state index in [0.29, 0.717) is 5.92 Å². The Hall–Kier alpha value is -0.343. The lowest BCUT2D eigenvalue weighted by Crippen LogP contribution is -2.28. The van der Waals surface area contributed by atoms with Crippen LogP contribution in [-0.2, 0) is 4.43 Å². The van der Waals surface area contributed by atoms with Gasteiger partial charge in [-0.15, -0.1) is 13.2 Å². The van der Waals surface area contributed by atoms with Crippen molar-refractivity contribution >= 4 is 8.32 Å². The van der Waals surface area contributed by atoms with Crippen molar-refractivity contribution in [1.82, 2.24) is 0 Å². The Balaban J connectivity index is 3.78. The van der Waals surface area contributed by atoms with E-state index in [4.69, 9.17) is 4.43 Å². The highest BCUT2D eigenvalue weighted by Crippen LogP contribution is 2.17. The number of hydrogen-bond donors (Lipinski definition) is 0. The molecular formula is C14H28OSi. The van der Waals surface area contributed by atoms with Crippen molar-refractivity contribution in [2.75, 3.05) is 6.61 Å². The third-order valence-corrected chi connectivity index (χ3v) is 3.56. The molecule has 0 aromatic rings. The Labute approximate surface area is 103 Å². The molecule has 0 aliphatic rings. The summed E-state index contributed by atoms with van der Waals surface area (Å²) in [4.78, 5) is 0. The van der Waals surface area contributed by atoms with E-state index < -0.39 is 8.32 Å². The molecule has 0 heterocycles. The molecule has 0 rings (SSSR count). The van der Waals surface area contributed by atoms with Crippen molar-refractivity contribution in [3.8, 4) is 0 Å². The first-order chi connectivity index (χ1) is 7.49. The summed E-state index contributed by atoms with van der Waals surface area (Å²) in [6.07, 6.45) is 10.0. The number of rotatable bonds is 10. The normalized spacial score (nSPS) is 13.4. The Morgan fingerprint density at radius 1 is 1.12 bits per heavy atom. The van der Waals surface area contributed by atoms with Gasteiger partial charge in [-0.05, 0) is 51.2 Å². The summed E-state index contributed by atoms with van der Waals surface area (Å²) in [5.41, 5.74) is 0. The van der Waals surface area contributed by atoms with Crippen LogP contribution in [0.1, 0.15) is 32.1 Å². The average Bonchev–Trinajstić information content (AvgIpc) is 2.19. The van der Waals surface area contributed by atoms with Gasteiger partial charge in [0.25, 0.3) is 0 Å². The molecule has 0 aromatic heterocycles. The van der Waals surface area contributed by atoms with Crippen LogP contribution in [0.4, 0.5) is 0 Å². The third-order valence-electron chi connectivity index (χ3n) is 2.52. The summed E-state index contributed by atoms with van der Waals surface area (Å²) < 4.78 is 5.97. The molecule has 0 spiro atoms. The van der Waals surface area contributed by atoms with Crippen LogP contribution < -0.4 is 0 Å². The topological polar surface area (TPSA) is 9.23 Å². The molecule has 94 valence electrons. The van der Waals surface area contributed by atoms with Gasteiger partial charge in [0.2, 0.25) is 0 Å². The van der Waals surface area contributed by atoms with Crippen LogP contribution in [0.5, 0.6) is 0 Å². The minimum Gasteiger partial charge on any atom is -0.417 e. The monoisotopic (exact) mass is 240 g/mol. The Morgan fingerprint density at radius 2 is 1.81 bits per heavy atom. The first kappa shape index (κ1) is 15.7. The number of allylic oxidation sites excluding steroid dienone is 2. The van der Waals surface area contributed by atoms with Gasteiger partial charge < -0.3 is 4.43 Å². The lowest BCUT2D eigenvalue weighted by atomic mass is 9.99. The quantitative estimate of drug-likeness (QED) is 0.303. The smallest absolute Gasteiger partial charge is 0.183 e. The maximum absolute atomic E-state index is 5.97. The highest BCUT2D eigenvalue weighted by atomic mass is 28.4. The van der Waals surface area contributed by atoms with Gasteiger partial charge >= 0.3 is 0 Å². The molecule has 0 fully saturated rings. The predicted molar refractivity (Wildman–Crippen MR) is 76.3 cm³/mol. The second kappa shape index (κ2) is 8.77. The molecule has 0 aliphatic carbocycles. The van der Waals surface area contributed by atoms with Crippen LogP contribution in [0.25, 0.3) is 0 Å². The fraction of sp³-hybridized carbons (Fsp3) is 0.714. The molecule has 1 atom stereocenters. The molecule has 0 bridgehead atoms. The minimum atomic E-state index is -1.35. The van der Waals surface area contributed by atoms with Gasteiger partial charge in [0.05, 0.1) is 0 Å². The Morgan fingerprint density at radius 3 is 2.31 bits per heavy atom. The highest BCUT2D eigenvalue weighted by Gasteiger charge is 2.16. The lowest BCUT2D eigenvalue weighted by molar-refractivity contribution is 0.232. The second-order valence-corrected chi connectivity index (χ2v) is 9.90. The standard InChI is InChI=1S/C14H28OSi/c1-6-8-9-10-12-14(11-7-2)13-15-16(3,4)5/h6-7,14H,1-2,8-13H2,3-5H3. The van der Waals surface area contributed by atoms with E-state index in [0.717, 1.165) is 19.4 Å². The zero-order valence-electron chi connectivity index (χ0n) is 11.3. The van der Waals surface area contributed by atoms with Crippen molar-refractivity contribution in [2.45, 2.75) is 51.7 Å². The van der Waals surface area contributed by atoms with Gasteiger partial charge in [-0.1, -0.05) is 18.6 Å². The molecule has 16 heavy (non-hydrogen) atoms. The van der Waals surface area contributed by atoms with E-state index in [1.54, 1.807) is 0 Å². The molecule has 2 heteroatoms. The van der Waals surface area contributed by atoms with Crippen molar-refractivity contribution in [3.63, 3.8) is 0 Å². The SMILES string of the molecule is C=CCCCCC(CC=C)CO[Si](C)(C)C. The minimum absolute atomic E-state index is 0.661. The van der Waals surface area contributed by atoms with Crippen molar-refractivity contribution in [2.24, 2.45) is 5.92 Å². The van der Waals surface area contributed by atoms with E-state index in [9.17, 15) is 0 Å². The van der Waals surface area contributed by atoms with Crippen LogP contribution in [0, 0.1) is 5.92 Å². The van der Waals surface area contributed by atoms with E-state index in [2.05, 4.69) is 32.8 Å². The van der Waals surface area contributed by atoms with Gasteiger partial charge in [-0.2, -0.15) is 0 Å². The summed E-state index contributed by atoms with van der Waals surface area (Å²) in [6, 6.07) is 0. The van der Waals surface area contributed by atoms with E-state index >= 15 is 0 Å². The third kappa shape index (κ3) is 10.2. The zero-order chi connectivity index (χ0) is 12.4. The maximum Gasteiger partial charge on any atom is 0.183 e. The Kier molecular flexibility index (Phi) is 8.58. The van der Waals surface area contributed by atoms with Gasteiger partial charge in [-0.25, -0.2) is 0 Å². The number of unbranched alkanes of at least 4 members (excludes halogenated alkanes) is 2. The summed E-state index contributed by atoms with van der Waals surface area (Å²) >= 11 is 0. The van der Waals surface area contributed by atoms with Crippen LogP contribution >= 0.6 is 0 Å². The fourth-order valence-electron chi connectivity index (χ4n) is 1.59. The Bertz CT molecular complexity index is 193. The van der Waals surface area contributed by atoms with Gasteiger partial charge in [-0.3, -0.25) is 0 Å². The van der Waals surface area contributed by atoms with Crippen molar-refractivity contribution < 1.29 is 4.43 Å². The van der Waals surface area contributed by atoms with E-state index in [1.165, 1.54) is 19.3 Å². The molecule has 0 saturated carbocycles. The van der Waals surface area contributed by atoms with E-state index in [1.807, 2.05) is 12.2 Å². The number of hydrogen-bond acceptors (Lipinski definition) is 1. The molecule has 0 aromatic carbocycles. The van der Waals surface area contributed by atoms with Crippen molar-refractivity contribution in [3.05, 3.63) is 25.3 Å². The first-order valence-corrected chi connectivity index (χ1v) is 9.76. The molecule has 0 amide bonds. The summed E-state index contributed by atoms with van der Waals surface area (Å²) in [5, 5.41) is 0. The predicted octanol–water partition coefficient (Wildman–Crippen LogP) is 4.78. The van der Waals surface area contributed by atoms with Crippen LogP contribution in [0.3, 0.4) is 0 Å². The van der Waals surface area contributed by atoms with Crippen LogP contribution in [0.15, 0.2) is 25.3 Å². The molecular weight excluding hydrogens is 212 g/mol. The van der Waals surface area contributed by atoms with Crippen LogP contribution in [0.2, 0.25) is 19.6 Å². The first-order valence-electron chi connectivity index (χ1n) is 6.35. The van der Waals surface area contributed by atoms with E-state index in [-0.39, 0.29) is 0 Å². The van der Waals surface area contributed by atoms with Gasteiger partial charge in [0, 0.05) is 6.61 Å². The molecule has 0 saturated heterocycles. The highest BCUT2D eigenvalue weighted by molar-refractivity contribution is 6.69. The molecule has 0 aliphatic heterocycles. The summed E-state index contributed by atoms with van der Waals surface area (Å²) in [5.74, 6) is 0.661. The molecule has 1 unspecified atom stereocenters. The van der Waals surface area contributed by atoms with Gasteiger partial charge in [0.15, 0.2) is 8.32 Å². The second-order valence-electron chi connectivity index (χ2n) is 5.39. The summed E-state index contributed by atoms with van der Waals surface area (Å²) in [7, 11) is -1.35. The zero-order valence-corrected chi connectivity index (χ0v) is 12.3. The molecule has 1 nitrogen and oxygen atoms in total. The van der Waals surface area contributed by atoms with Crippen molar-refractivity contribution in [1.29, 1.82) is 0 Å².